The van der Waals surface area contributed by atoms with Gasteiger partial charge in [-0.15, -0.1) is 0 Å². The summed E-state index contributed by atoms with van der Waals surface area (Å²) in [7, 11) is 0. The molecule has 0 aliphatic carbocycles. The average Bonchev–Trinajstić information content (AvgIpc) is 0.743. The molecule has 22 aromatic rings. The minimum absolute atomic E-state index is 0.627. The molecule has 0 N–H and O–H groups in total. The van der Waals surface area contributed by atoms with Gasteiger partial charge in [0, 0.05) is 66.1 Å². The molecular weight excluding hydrogens is 1460 g/mol. The van der Waals surface area contributed by atoms with Gasteiger partial charge in [-0.25, -0.2) is 39.9 Å². The molecular formula is C112H72N8. The number of rotatable bonds is 14. The fourth-order valence-corrected chi connectivity index (χ4v) is 16.4. The number of hydrogen-bond donors (Lipinski definition) is 0. The van der Waals surface area contributed by atoms with Crippen LogP contribution in [0.25, 0.3) is 222 Å². The molecule has 120 heavy (non-hydrogen) atoms. The first-order chi connectivity index (χ1) is 59.4. The zero-order valence-corrected chi connectivity index (χ0v) is 65.1. The maximum absolute atomic E-state index is 5.26. The molecule has 0 amide bonds. The van der Waals surface area contributed by atoms with Crippen molar-refractivity contribution in [2.75, 3.05) is 0 Å². The van der Waals surface area contributed by atoms with E-state index < -0.39 is 0 Å². The summed E-state index contributed by atoms with van der Waals surface area (Å²) < 4.78 is 0. The molecule has 8 nitrogen and oxygen atoms in total. The van der Waals surface area contributed by atoms with Gasteiger partial charge in [-0.3, -0.25) is 0 Å². The van der Waals surface area contributed by atoms with Crippen molar-refractivity contribution in [3.8, 4) is 158 Å². The van der Waals surface area contributed by atoms with Crippen LogP contribution in [-0.2, 0) is 0 Å². The molecule has 0 aliphatic rings. The maximum atomic E-state index is 5.26. The summed E-state index contributed by atoms with van der Waals surface area (Å²) in [5.74, 6) is 3.80. The topological polar surface area (TPSA) is 103 Å². The van der Waals surface area contributed by atoms with E-state index in [0.717, 1.165) is 128 Å². The number of para-hydroxylation sites is 1. The highest BCUT2D eigenvalue weighted by atomic mass is 15.0. The Morgan fingerprint density at radius 2 is 0.425 bits per heavy atom. The Hall–Kier alpha value is -16.2. The largest absolute Gasteiger partial charge is 0.247 e. The van der Waals surface area contributed by atoms with Crippen molar-refractivity contribution in [1.29, 1.82) is 0 Å². The molecule has 4 aromatic heterocycles. The second-order valence-electron chi connectivity index (χ2n) is 30.1. The van der Waals surface area contributed by atoms with Crippen LogP contribution in [0.1, 0.15) is 0 Å². The lowest BCUT2D eigenvalue weighted by molar-refractivity contribution is 1.07. The molecule has 0 saturated carbocycles. The van der Waals surface area contributed by atoms with Crippen LogP contribution < -0.4 is 0 Å². The minimum atomic E-state index is 0.627. The Labute approximate surface area is 694 Å². The van der Waals surface area contributed by atoms with E-state index in [0.29, 0.717) is 34.9 Å². The van der Waals surface area contributed by atoms with E-state index >= 15 is 0 Å². The van der Waals surface area contributed by atoms with Crippen LogP contribution in [0.5, 0.6) is 0 Å². The summed E-state index contributed by atoms with van der Waals surface area (Å²) >= 11 is 0. The summed E-state index contributed by atoms with van der Waals surface area (Å²) in [5.41, 5.74) is 25.3. The molecule has 18 aromatic carbocycles. The van der Waals surface area contributed by atoms with Crippen LogP contribution >= 0.6 is 0 Å². The first-order valence-electron chi connectivity index (χ1n) is 40.4. The van der Waals surface area contributed by atoms with E-state index in [-0.39, 0.29) is 0 Å². The van der Waals surface area contributed by atoms with Crippen LogP contribution in [0.4, 0.5) is 0 Å². The van der Waals surface area contributed by atoms with Crippen LogP contribution in [0.15, 0.2) is 437 Å². The fourth-order valence-electron chi connectivity index (χ4n) is 16.4. The highest BCUT2D eigenvalue weighted by Gasteiger charge is 2.20. The van der Waals surface area contributed by atoms with Crippen molar-refractivity contribution in [1.82, 2.24) is 39.9 Å². The minimum Gasteiger partial charge on any atom is -0.247 e. The Morgan fingerprint density at radius 1 is 0.133 bits per heavy atom. The predicted molar refractivity (Wildman–Crippen MR) is 496 cm³/mol. The summed E-state index contributed by atoms with van der Waals surface area (Å²) in [4.78, 5) is 40.6. The molecule has 560 valence electrons. The summed E-state index contributed by atoms with van der Waals surface area (Å²) in [6.45, 7) is 0. The second kappa shape index (κ2) is 31.6. The Morgan fingerprint density at radius 3 is 0.900 bits per heavy atom. The van der Waals surface area contributed by atoms with E-state index in [9.17, 15) is 0 Å². The van der Waals surface area contributed by atoms with E-state index in [1.165, 1.54) is 59.6 Å². The zero-order chi connectivity index (χ0) is 79.7. The van der Waals surface area contributed by atoms with Crippen molar-refractivity contribution >= 4 is 64.9 Å². The van der Waals surface area contributed by atoms with Crippen molar-refractivity contribution in [3.05, 3.63) is 437 Å². The number of hydrogen-bond acceptors (Lipinski definition) is 8. The van der Waals surface area contributed by atoms with Gasteiger partial charge in [0.25, 0.3) is 0 Å². The molecule has 0 unspecified atom stereocenters. The molecule has 8 heteroatoms. The lowest BCUT2D eigenvalue weighted by Gasteiger charge is -2.13. The van der Waals surface area contributed by atoms with Gasteiger partial charge in [0.1, 0.15) is 0 Å². The normalized spacial score (nSPS) is 11.3. The zero-order valence-electron chi connectivity index (χ0n) is 65.1. The van der Waals surface area contributed by atoms with Gasteiger partial charge < -0.3 is 0 Å². The second-order valence-corrected chi connectivity index (χ2v) is 30.1. The first-order valence-corrected chi connectivity index (χ1v) is 40.4. The van der Waals surface area contributed by atoms with Gasteiger partial charge in [-0.2, -0.15) is 0 Å². The molecule has 0 fully saturated rings. The number of fused-ring (bicyclic) bond motifs is 10. The van der Waals surface area contributed by atoms with Crippen molar-refractivity contribution < 1.29 is 0 Å². The highest BCUT2D eigenvalue weighted by molar-refractivity contribution is 6.21. The molecule has 0 bridgehead atoms. The SMILES string of the molecule is c1ccc(-c2ccc(-c3nc(-c4ccccc4)nc(-c4cccc(-c5cccc(-c6ccc(-c7ccc8ccc9c%10ccccc%10ccc9c8n7)cc6)c5)c4)n3)cc2)cc1.c1ccc(-c2ccc(-c3nc(-c4ccccc4)nc(-c4cccc(-c5cccc(-c6ccc(-c7nc8ccccc8c8ccc9ccccc9c78)cc6)c5)c4)n3)cc2)cc1. The predicted octanol–water partition coefficient (Wildman–Crippen LogP) is 28.8. The summed E-state index contributed by atoms with van der Waals surface area (Å²) in [6.07, 6.45) is 0. The Kier molecular flexibility index (Phi) is 18.8. The van der Waals surface area contributed by atoms with Gasteiger partial charge in [0.2, 0.25) is 0 Å². The summed E-state index contributed by atoms with van der Waals surface area (Å²) in [6, 6.07) is 153. The van der Waals surface area contributed by atoms with Gasteiger partial charge in [-0.05, 0) is 135 Å². The molecule has 0 atom stereocenters. The lowest BCUT2D eigenvalue weighted by atomic mass is 9.94. The standard InChI is InChI=1S/2C56H36N4/c1-3-11-37(12-4-1)38-23-27-44(28-24-38)55-58-54(43-14-5-2-6-15-43)59-56(60-55)48-19-10-18-47(36-48)46-17-9-16-45(35-46)39-21-25-41(26-22-39)52-34-31-42-30-32-50-49-20-8-7-13-40(49)29-33-51(50)53(42)57-52;1-3-13-37(14-4-1)38-27-31-43(32-28-38)55-58-54(42-16-5-2-6-17-42)59-56(60-55)47-21-12-20-46(36-47)45-19-11-18-44(35-45)39-25-29-41(30-26-39)53-52-48-22-8-7-15-40(48)33-34-50(52)49-23-9-10-24-51(49)57-53/h2*1-36H. The highest BCUT2D eigenvalue weighted by Crippen LogP contribution is 2.41. The van der Waals surface area contributed by atoms with Crippen molar-refractivity contribution in [3.63, 3.8) is 0 Å². The third-order valence-corrected chi connectivity index (χ3v) is 22.6. The smallest absolute Gasteiger partial charge is 0.164 e. The average molecular weight is 1530 g/mol. The molecule has 0 radical (unpaired) electrons. The fraction of sp³-hybridized carbons (Fsp3) is 0. The van der Waals surface area contributed by atoms with Gasteiger partial charge in [0.05, 0.1) is 22.4 Å². The Bertz CT molecular complexity index is 7590. The van der Waals surface area contributed by atoms with Gasteiger partial charge in [-0.1, -0.05) is 400 Å². The maximum Gasteiger partial charge on any atom is 0.164 e. The van der Waals surface area contributed by atoms with Crippen LogP contribution in [0.2, 0.25) is 0 Å². The van der Waals surface area contributed by atoms with Gasteiger partial charge >= 0.3 is 0 Å². The van der Waals surface area contributed by atoms with E-state index in [1.807, 2.05) is 72.8 Å². The lowest BCUT2D eigenvalue weighted by Crippen LogP contribution is -2.00. The third kappa shape index (κ3) is 14.3. The summed E-state index contributed by atoms with van der Waals surface area (Å²) in [5, 5.41) is 12.0. The number of aromatic nitrogens is 8. The van der Waals surface area contributed by atoms with E-state index in [1.54, 1.807) is 0 Å². The Balaban J connectivity index is 0.000000148. The van der Waals surface area contributed by atoms with E-state index in [4.69, 9.17) is 39.9 Å². The number of benzene rings is 18. The van der Waals surface area contributed by atoms with Gasteiger partial charge in [0.15, 0.2) is 34.9 Å². The first kappa shape index (κ1) is 71.6. The molecule has 0 aliphatic heterocycles. The molecule has 0 spiro atoms. The van der Waals surface area contributed by atoms with Crippen LogP contribution in [0, 0.1) is 0 Å². The third-order valence-electron chi connectivity index (χ3n) is 22.6. The number of pyridine rings is 2. The molecule has 0 saturated heterocycles. The van der Waals surface area contributed by atoms with Crippen molar-refractivity contribution in [2.45, 2.75) is 0 Å². The van der Waals surface area contributed by atoms with Crippen LogP contribution in [-0.4, -0.2) is 39.9 Å². The molecule has 4 heterocycles. The monoisotopic (exact) mass is 1530 g/mol. The van der Waals surface area contributed by atoms with Crippen molar-refractivity contribution in [2.24, 2.45) is 0 Å². The van der Waals surface area contributed by atoms with E-state index in [2.05, 4.69) is 364 Å². The van der Waals surface area contributed by atoms with Crippen LogP contribution in [0.3, 0.4) is 0 Å². The quantitative estimate of drug-likeness (QED) is 0.0992. The molecule has 22 rings (SSSR count). The number of nitrogens with zero attached hydrogens (tertiary/aromatic N) is 8.